The van der Waals surface area contributed by atoms with Crippen LogP contribution in [0.2, 0.25) is 0 Å². The van der Waals surface area contributed by atoms with Crippen molar-refractivity contribution >= 4 is 5.78 Å². The summed E-state index contributed by atoms with van der Waals surface area (Å²) < 4.78 is 0. The van der Waals surface area contributed by atoms with E-state index in [9.17, 15) is 4.79 Å². The topological polar surface area (TPSA) is 30.0 Å². The van der Waals surface area contributed by atoms with Gasteiger partial charge < -0.3 is 0 Å². The fraction of sp³-hybridized carbons (Fsp3) is 0.455. The molecule has 70 valence electrons. The Hall–Kier alpha value is -1.18. The van der Waals surface area contributed by atoms with E-state index in [2.05, 4.69) is 4.98 Å². The number of ketones is 1. The Morgan fingerprint density at radius 3 is 2.69 bits per heavy atom. The molecule has 1 aromatic heterocycles. The number of rotatable bonds is 5. The van der Waals surface area contributed by atoms with Crippen LogP contribution in [-0.2, 0) is 11.2 Å². The Balaban J connectivity index is 2.24. The van der Waals surface area contributed by atoms with Crippen molar-refractivity contribution in [2.24, 2.45) is 0 Å². The van der Waals surface area contributed by atoms with E-state index in [0.29, 0.717) is 18.6 Å². The number of hydrogen-bond donors (Lipinski definition) is 0. The Morgan fingerprint density at radius 2 is 2.08 bits per heavy atom. The molecule has 0 spiro atoms. The fourth-order valence-electron chi connectivity index (χ4n) is 1.22. The molecule has 0 fully saturated rings. The number of aromatic nitrogens is 1. The molecule has 0 atom stereocenters. The van der Waals surface area contributed by atoms with Gasteiger partial charge in [0.25, 0.3) is 0 Å². The number of nitrogens with zero attached hydrogens (tertiary/aromatic N) is 1. The number of carbonyl (C=O) groups excluding carboxylic acids is 1. The zero-order valence-electron chi connectivity index (χ0n) is 7.99. The molecule has 0 bridgehead atoms. The number of carbonyl (C=O) groups is 1. The van der Waals surface area contributed by atoms with Crippen LogP contribution in [0.5, 0.6) is 0 Å². The predicted octanol–water partition coefficient (Wildman–Crippen LogP) is 2.38. The van der Waals surface area contributed by atoms with Crippen LogP contribution in [0.3, 0.4) is 0 Å². The van der Waals surface area contributed by atoms with Crippen molar-refractivity contribution in [3.8, 4) is 0 Å². The molecule has 0 aliphatic heterocycles. The Labute approximate surface area is 79.0 Å². The van der Waals surface area contributed by atoms with Gasteiger partial charge in [0.05, 0.1) is 0 Å². The molecule has 0 radical (unpaired) electrons. The smallest absolute Gasteiger partial charge is 0.132 e. The van der Waals surface area contributed by atoms with Gasteiger partial charge in [-0.3, -0.25) is 9.78 Å². The highest BCUT2D eigenvalue weighted by molar-refractivity contribution is 5.77. The molecule has 0 N–H and O–H groups in total. The molecule has 2 nitrogen and oxygen atoms in total. The maximum atomic E-state index is 11.0. The van der Waals surface area contributed by atoms with Crippen LogP contribution in [0.1, 0.15) is 31.7 Å². The van der Waals surface area contributed by atoms with Crippen molar-refractivity contribution in [1.29, 1.82) is 0 Å². The summed E-state index contributed by atoms with van der Waals surface area (Å²) in [6.45, 7) is 1.91. The molecule has 0 unspecified atom stereocenters. The quantitative estimate of drug-likeness (QED) is 0.691. The molecule has 1 heterocycles. The SMILES string of the molecule is CCC(=O)CCCc1ccncc1. The molecule has 1 rings (SSSR count). The Kier molecular flexibility index (Phi) is 4.16. The second kappa shape index (κ2) is 5.46. The largest absolute Gasteiger partial charge is 0.300 e. The van der Waals surface area contributed by atoms with Crippen molar-refractivity contribution in [3.05, 3.63) is 30.1 Å². The van der Waals surface area contributed by atoms with Gasteiger partial charge in [0.2, 0.25) is 0 Å². The van der Waals surface area contributed by atoms with Gasteiger partial charge in [-0.1, -0.05) is 6.92 Å². The van der Waals surface area contributed by atoms with Crippen LogP contribution in [0, 0.1) is 0 Å². The summed E-state index contributed by atoms with van der Waals surface area (Å²) in [7, 11) is 0. The van der Waals surface area contributed by atoms with E-state index in [4.69, 9.17) is 0 Å². The molecule has 2 heteroatoms. The van der Waals surface area contributed by atoms with Crippen molar-refractivity contribution < 1.29 is 4.79 Å². The maximum absolute atomic E-state index is 11.0. The number of pyridine rings is 1. The summed E-state index contributed by atoms with van der Waals surface area (Å²) in [6.07, 6.45) is 6.88. The van der Waals surface area contributed by atoms with Gasteiger partial charge in [-0.05, 0) is 30.5 Å². The predicted molar refractivity (Wildman–Crippen MR) is 52.5 cm³/mol. The molecular weight excluding hydrogens is 162 g/mol. The van der Waals surface area contributed by atoms with Crippen molar-refractivity contribution in [3.63, 3.8) is 0 Å². The average molecular weight is 177 g/mol. The summed E-state index contributed by atoms with van der Waals surface area (Å²) in [4.78, 5) is 14.9. The van der Waals surface area contributed by atoms with Crippen LogP contribution >= 0.6 is 0 Å². The molecule has 0 saturated heterocycles. The van der Waals surface area contributed by atoms with Gasteiger partial charge in [0.1, 0.15) is 5.78 Å². The highest BCUT2D eigenvalue weighted by Crippen LogP contribution is 2.04. The van der Waals surface area contributed by atoms with Gasteiger partial charge in [0, 0.05) is 25.2 Å². The first-order valence-electron chi connectivity index (χ1n) is 4.73. The molecule has 0 aliphatic rings. The van der Waals surface area contributed by atoms with E-state index >= 15 is 0 Å². The summed E-state index contributed by atoms with van der Waals surface area (Å²) in [5, 5.41) is 0. The highest BCUT2D eigenvalue weighted by atomic mass is 16.1. The van der Waals surface area contributed by atoms with Gasteiger partial charge in [0.15, 0.2) is 0 Å². The van der Waals surface area contributed by atoms with E-state index in [1.165, 1.54) is 5.56 Å². The first-order valence-corrected chi connectivity index (χ1v) is 4.73. The lowest BCUT2D eigenvalue weighted by Gasteiger charge is -1.99. The van der Waals surface area contributed by atoms with Gasteiger partial charge in [-0.15, -0.1) is 0 Å². The average Bonchev–Trinajstić information content (AvgIpc) is 2.19. The van der Waals surface area contributed by atoms with Gasteiger partial charge in [-0.2, -0.15) is 0 Å². The zero-order chi connectivity index (χ0) is 9.52. The molecule has 0 saturated carbocycles. The minimum atomic E-state index is 0.356. The first kappa shape index (κ1) is 9.90. The number of Topliss-reactive ketones (excluding diaryl/α,β-unsaturated/α-hetero) is 1. The van der Waals surface area contributed by atoms with E-state index < -0.39 is 0 Å². The van der Waals surface area contributed by atoms with E-state index in [-0.39, 0.29) is 0 Å². The van der Waals surface area contributed by atoms with Crippen molar-refractivity contribution in [2.75, 3.05) is 0 Å². The normalized spacial score (nSPS) is 9.92. The van der Waals surface area contributed by atoms with Crippen molar-refractivity contribution in [1.82, 2.24) is 4.98 Å². The minimum Gasteiger partial charge on any atom is -0.300 e. The van der Waals surface area contributed by atoms with Crippen LogP contribution in [0.4, 0.5) is 0 Å². The lowest BCUT2D eigenvalue weighted by Crippen LogP contribution is -1.96. The lowest BCUT2D eigenvalue weighted by molar-refractivity contribution is -0.118. The number of hydrogen-bond acceptors (Lipinski definition) is 2. The van der Waals surface area contributed by atoms with E-state index in [0.717, 1.165) is 12.8 Å². The third-order valence-corrected chi connectivity index (χ3v) is 2.06. The van der Waals surface area contributed by atoms with Gasteiger partial charge in [-0.25, -0.2) is 0 Å². The summed E-state index contributed by atoms with van der Waals surface area (Å²) in [5.41, 5.74) is 1.26. The second-order valence-corrected chi connectivity index (χ2v) is 3.10. The molecular formula is C11H15NO. The zero-order valence-corrected chi connectivity index (χ0v) is 7.99. The van der Waals surface area contributed by atoms with Crippen LogP contribution in [-0.4, -0.2) is 10.8 Å². The maximum Gasteiger partial charge on any atom is 0.132 e. The third kappa shape index (κ3) is 3.83. The highest BCUT2D eigenvalue weighted by Gasteiger charge is 1.98. The monoisotopic (exact) mass is 177 g/mol. The molecule has 0 amide bonds. The van der Waals surface area contributed by atoms with Crippen molar-refractivity contribution in [2.45, 2.75) is 32.6 Å². The fourth-order valence-corrected chi connectivity index (χ4v) is 1.22. The second-order valence-electron chi connectivity index (χ2n) is 3.10. The molecule has 0 aliphatic carbocycles. The van der Waals surface area contributed by atoms with Crippen LogP contribution in [0.15, 0.2) is 24.5 Å². The summed E-state index contributed by atoms with van der Waals surface area (Å²) in [5.74, 6) is 0.356. The molecule has 0 aromatic carbocycles. The molecule has 1 aromatic rings. The van der Waals surface area contributed by atoms with Gasteiger partial charge >= 0.3 is 0 Å². The minimum absolute atomic E-state index is 0.356. The van der Waals surface area contributed by atoms with E-state index in [1.54, 1.807) is 12.4 Å². The summed E-state index contributed by atoms with van der Waals surface area (Å²) >= 11 is 0. The first-order chi connectivity index (χ1) is 6.33. The van der Waals surface area contributed by atoms with Crippen LogP contribution in [0.25, 0.3) is 0 Å². The summed E-state index contributed by atoms with van der Waals surface area (Å²) in [6, 6.07) is 3.99. The van der Waals surface area contributed by atoms with Crippen LogP contribution < -0.4 is 0 Å². The molecule has 13 heavy (non-hydrogen) atoms. The Bertz CT molecular complexity index is 256. The standard InChI is InChI=1S/C11H15NO/c1-2-11(13)5-3-4-10-6-8-12-9-7-10/h6-9H,2-5H2,1H3. The third-order valence-electron chi connectivity index (χ3n) is 2.06. The Morgan fingerprint density at radius 1 is 1.38 bits per heavy atom. The lowest BCUT2D eigenvalue weighted by atomic mass is 10.1. The number of aryl methyl sites for hydroxylation is 1. The van der Waals surface area contributed by atoms with E-state index in [1.807, 2.05) is 19.1 Å².